The average Bonchev–Trinajstić information content (AvgIpc) is 2.99. The first-order valence-corrected chi connectivity index (χ1v) is 7.77. The molecule has 0 amide bonds. The number of rotatable bonds is 3. The van der Waals surface area contributed by atoms with Crippen molar-refractivity contribution < 1.29 is 9.60 Å². The number of aromatic nitrogens is 1. The van der Waals surface area contributed by atoms with E-state index in [1.165, 1.54) is 6.07 Å². The Morgan fingerprint density at radius 1 is 1.43 bits per heavy atom. The average molecular weight is 377 g/mol. The third-order valence-electron chi connectivity index (χ3n) is 3.72. The maximum atomic E-state index is 13.3. The van der Waals surface area contributed by atoms with Gasteiger partial charge in [-0.25, -0.2) is 9.37 Å². The first kappa shape index (κ1) is 15.6. The van der Waals surface area contributed by atoms with Gasteiger partial charge in [-0.3, -0.25) is 4.99 Å². The van der Waals surface area contributed by atoms with Gasteiger partial charge in [0, 0.05) is 37.2 Å². The number of fused-ring (bicyclic) bond motifs is 1. The molecule has 1 aromatic heterocycles. The van der Waals surface area contributed by atoms with Crippen LogP contribution in [0.3, 0.4) is 0 Å². The topological polar surface area (TPSA) is 69.9 Å². The molecule has 23 heavy (non-hydrogen) atoms. The molecule has 118 valence electrons. The maximum Gasteiger partial charge on any atom is 0.137 e. The van der Waals surface area contributed by atoms with Crippen molar-refractivity contribution in [3.63, 3.8) is 0 Å². The zero-order chi connectivity index (χ0) is 16.4. The molecule has 0 saturated heterocycles. The predicted octanol–water partition coefficient (Wildman–Crippen LogP) is 3.40. The van der Waals surface area contributed by atoms with Crippen LogP contribution < -0.4 is 5.32 Å². The lowest BCUT2D eigenvalue weighted by Crippen LogP contribution is -2.09. The molecule has 0 atom stereocenters. The molecule has 3 rings (SSSR count). The zero-order valence-electron chi connectivity index (χ0n) is 12.3. The molecule has 0 aliphatic carbocycles. The summed E-state index contributed by atoms with van der Waals surface area (Å²) in [6.45, 7) is 0. The summed E-state index contributed by atoms with van der Waals surface area (Å²) in [5, 5.41) is 16.0. The Bertz CT molecular complexity index is 820. The summed E-state index contributed by atoms with van der Waals surface area (Å²) in [7, 11) is 1.71. The molecule has 0 fully saturated rings. The lowest BCUT2D eigenvalue weighted by Gasteiger charge is -2.09. The Morgan fingerprint density at radius 3 is 2.96 bits per heavy atom. The largest absolute Gasteiger partial charge is 0.411 e. The number of pyridine rings is 1. The van der Waals surface area contributed by atoms with E-state index >= 15 is 0 Å². The van der Waals surface area contributed by atoms with Crippen molar-refractivity contribution >= 4 is 33.3 Å². The van der Waals surface area contributed by atoms with Gasteiger partial charge in [-0.05, 0) is 39.7 Å². The van der Waals surface area contributed by atoms with Crippen LogP contribution >= 0.6 is 15.9 Å². The number of benzene rings is 1. The monoisotopic (exact) mass is 376 g/mol. The number of amidine groups is 1. The van der Waals surface area contributed by atoms with Gasteiger partial charge in [0.1, 0.15) is 17.5 Å². The molecule has 0 bridgehead atoms. The molecule has 1 aliphatic heterocycles. The molecule has 2 heterocycles. The summed E-state index contributed by atoms with van der Waals surface area (Å²) in [5.41, 5.74) is 3.10. The summed E-state index contributed by atoms with van der Waals surface area (Å²) in [6.07, 6.45) is 2.65. The van der Waals surface area contributed by atoms with E-state index in [-0.39, 0.29) is 5.82 Å². The van der Waals surface area contributed by atoms with Crippen LogP contribution in [0.2, 0.25) is 0 Å². The van der Waals surface area contributed by atoms with Crippen LogP contribution in [0.4, 0.5) is 10.2 Å². The van der Waals surface area contributed by atoms with Crippen LogP contribution in [0, 0.1) is 5.82 Å². The Kier molecular flexibility index (Phi) is 4.38. The van der Waals surface area contributed by atoms with Crippen LogP contribution in [-0.4, -0.2) is 28.8 Å². The van der Waals surface area contributed by atoms with Crippen molar-refractivity contribution in [1.29, 1.82) is 0 Å². The molecule has 1 aliphatic rings. The highest BCUT2D eigenvalue weighted by Gasteiger charge is 2.23. The molecule has 0 saturated carbocycles. The second-order valence-corrected chi connectivity index (χ2v) is 5.98. The van der Waals surface area contributed by atoms with Crippen LogP contribution in [-0.2, 0) is 12.8 Å². The molecule has 0 radical (unpaired) electrons. The molecule has 1 aromatic carbocycles. The van der Waals surface area contributed by atoms with Crippen molar-refractivity contribution in [3.8, 4) is 0 Å². The van der Waals surface area contributed by atoms with Crippen molar-refractivity contribution in [2.24, 2.45) is 10.1 Å². The smallest absolute Gasteiger partial charge is 0.137 e. The quantitative estimate of drug-likeness (QED) is 0.489. The van der Waals surface area contributed by atoms with Gasteiger partial charge in [0.05, 0.1) is 10.2 Å². The first-order chi connectivity index (χ1) is 11.1. The van der Waals surface area contributed by atoms with Crippen LogP contribution in [0.15, 0.2) is 45.1 Å². The standard InChI is InChI=1S/C16H14BrFN4O/c1-19-15-8-11-10(4-5-20-16(11)21-15)14(22-23)7-9-2-3-13(18)12(17)6-9/h2-6,23H,7-8H2,1H3,(H,19,20,21)/b22-14+. The zero-order valence-corrected chi connectivity index (χ0v) is 13.9. The van der Waals surface area contributed by atoms with Gasteiger partial charge in [0.2, 0.25) is 0 Å². The highest BCUT2D eigenvalue weighted by Crippen LogP contribution is 2.26. The van der Waals surface area contributed by atoms with E-state index in [1.807, 2.05) is 6.07 Å². The number of oxime groups is 1. The molecular weight excluding hydrogens is 363 g/mol. The molecule has 7 heteroatoms. The third kappa shape index (κ3) is 3.10. The van der Waals surface area contributed by atoms with E-state index in [1.54, 1.807) is 25.4 Å². The molecular formula is C16H14BrFN4O. The SMILES string of the molecule is CN=C1Cc2c(/C(Cc3ccc(F)c(Br)c3)=N/O)ccnc2N1. The van der Waals surface area contributed by atoms with E-state index < -0.39 is 0 Å². The number of anilines is 1. The number of nitrogens with one attached hydrogen (secondary N) is 1. The number of hydrogen-bond donors (Lipinski definition) is 2. The van der Waals surface area contributed by atoms with Gasteiger partial charge in [-0.1, -0.05) is 11.2 Å². The van der Waals surface area contributed by atoms with Gasteiger partial charge in [-0.15, -0.1) is 0 Å². The summed E-state index contributed by atoms with van der Waals surface area (Å²) >= 11 is 3.17. The van der Waals surface area contributed by atoms with Crippen LogP contribution in [0.5, 0.6) is 0 Å². The number of nitrogens with zero attached hydrogens (tertiary/aromatic N) is 3. The summed E-state index contributed by atoms with van der Waals surface area (Å²) < 4.78 is 13.7. The fourth-order valence-electron chi connectivity index (χ4n) is 2.56. The first-order valence-electron chi connectivity index (χ1n) is 6.98. The van der Waals surface area contributed by atoms with E-state index in [2.05, 4.69) is 36.4 Å². The van der Waals surface area contributed by atoms with Gasteiger partial charge in [0.25, 0.3) is 0 Å². The highest BCUT2D eigenvalue weighted by molar-refractivity contribution is 9.10. The van der Waals surface area contributed by atoms with E-state index in [0.717, 1.165) is 28.3 Å². The Balaban J connectivity index is 1.94. The van der Waals surface area contributed by atoms with Crippen molar-refractivity contribution in [1.82, 2.24) is 4.98 Å². The molecule has 0 unspecified atom stereocenters. The molecule has 2 N–H and O–H groups in total. The molecule has 0 spiro atoms. The summed E-state index contributed by atoms with van der Waals surface area (Å²) in [6, 6.07) is 6.55. The minimum Gasteiger partial charge on any atom is -0.411 e. The van der Waals surface area contributed by atoms with Gasteiger partial charge in [-0.2, -0.15) is 0 Å². The second-order valence-electron chi connectivity index (χ2n) is 5.13. The minimum atomic E-state index is -0.325. The maximum absolute atomic E-state index is 13.3. The van der Waals surface area contributed by atoms with Gasteiger partial charge in [0.15, 0.2) is 0 Å². The van der Waals surface area contributed by atoms with Crippen molar-refractivity contribution in [2.75, 3.05) is 12.4 Å². The Hall–Kier alpha value is -2.28. The fraction of sp³-hybridized carbons (Fsp3) is 0.188. The van der Waals surface area contributed by atoms with E-state index in [9.17, 15) is 9.60 Å². The molecule has 2 aromatic rings. The van der Waals surface area contributed by atoms with E-state index in [0.29, 0.717) is 23.0 Å². The summed E-state index contributed by atoms with van der Waals surface area (Å²) in [4.78, 5) is 8.43. The van der Waals surface area contributed by atoms with Crippen molar-refractivity contribution in [2.45, 2.75) is 12.8 Å². The lowest BCUT2D eigenvalue weighted by atomic mass is 9.98. The van der Waals surface area contributed by atoms with Crippen molar-refractivity contribution in [3.05, 3.63) is 57.4 Å². The fourth-order valence-corrected chi connectivity index (χ4v) is 2.99. The third-order valence-corrected chi connectivity index (χ3v) is 4.33. The number of halogens is 2. The number of hydrogen-bond acceptors (Lipinski definition) is 4. The van der Waals surface area contributed by atoms with Gasteiger partial charge < -0.3 is 10.5 Å². The van der Waals surface area contributed by atoms with Crippen LogP contribution in [0.1, 0.15) is 16.7 Å². The lowest BCUT2D eigenvalue weighted by molar-refractivity contribution is 0.318. The van der Waals surface area contributed by atoms with Crippen LogP contribution in [0.25, 0.3) is 0 Å². The number of aliphatic imine (C=N–C) groups is 1. The summed E-state index contributed by atoms with van der Waals surface area (Å²) in [5.74, 6) is 1.22. The Labute approximate surface area is 141 Å². The predicted molar refractivity (Wildman–Crippen MR) is 91.1 cm³/mol. The normalized spacial score (nSPS) is 15.6. The highest BCUT2D eigenvalue weighted by atomic mass is 79.9. The Morgan fingerprint density at radius 2 is 2.26 bits per heavy atom. The molecule has 5 nitrogen and oxygen atoms in total. The van der Waals surface area contributed by atoms with E-state index in [4.69, 9.17) is 0 Å². The second kappa shape index (κ2) is 6.45. The minimum absolute atomic E-state index is 0.325. The van der Waals surface area contributed by atoms with Gasteiger partial charge >= 0.3 is 0 Å².